The van der Waals surface area contributed by atoms with Gasteiger partial charge in [0, 0.05) is 41.6 Å². The number of anilines is 1. The SMILES string of the molecule is N[C@@H]1CCCC[C@H]1Nc1ccc([N+](=O)[O-])c2cnccc12. The first-order valence-electron chi connectivity index (χ1n) is 7.20. The van der Waals surface area contributed by atoms with Crippen LogP contribution in [0.1, 0.15) is 25.7 Å². The summed E-state index contributed by atoms with van der Waals surface area (Å²) in [6.07, 6.45) is 7.58. The first kappa shape index (κ1) is 13.8. The number of nitro benzene ring substituents is 1. The highest BCUT2D eigenvalue weighted by Crippen LogP contribution is 2.32. The second kappa shape index (κ2) is 5.65. The van der Waals surface area contributed by atoms with E-state index in [-0.39, 0.29) is 22.7 Å². The summed E-state index contributed by atoms with van der Waals surface area (Å²) < 4.78 is 0. The van der Waals surface area contributed by atoms with Gasteiger partial charge in [0.05, 0.1) is 10.3 Å². The van der Waals surface area contributed by atoms with E-state index in [1.54, 1.807) is 24.5 Å². The number of pyridine rings is 1. The van der Waals surface area contributed by atoms with E-state index in [0.717, 1.165) is 30.3 Å². The van der Waals surface area contributed by atoms with Crippen LogP contribution in [-0.2, 0) is 0 Å². The van der Waals surface area contributed by atoms with E-state index in [1.165, 1.54) is 12.5 Å². The number of fused-ring (bicyclic) bond motifs is 1. The minimum atomic E-state index is -0.375. The fourth-order valence-corrected chi connectivity index (χ4v) is 3.00. The van der Waals surface area contributed by atoms with Crippen LogP contribution in [0.25, 0.3) is 10.8 Å². The van der Waals surface area contributed by atoms with Gasteiger partial charge in [-0.05, 0) is 25.0 Å². The highest BCUT2D eigenvalue weighted by Gasteiger charge is 2.23. The molecule has 6 nitrogen and oxygen atoms in total. The van der Waals surface area contributed by atoms with Crippen LogP contribution in [0, 0.1) is 10.1 Å². The fourth-order valence-electron chi connectivity index (χ4n) is 3.00. The minimum Gasteiger partial charge on any atom is -0.380 e. The van der Waals surface area contributed by atoms with E-state index in [1.807, 2.05) is 0 Å². The van der Waals surface area contributed by atoms with E-state index in [0.29, 0.717) is 5.39 Å². The second-order valence-corrected chi connectivity index (χ2v) is 5.51. The molecule has 0 amide bonds. The predicted molar refractivity (Wildman–Crippen MR) is 82.3 cm³/mol. The summed E-state index contributed by atoms with van der Waals surface area (Å²) in [5, 5.41) is 15.9. The molecule has 1 aromatic heterocycles. The molecule has 1 aromatic carbocycles. The lowest BCUT2D eigenvalue weighted by Crippen LogP contribution is -2.42. The molecule has 3 rings (SSSR count). The molecule has 1 heterocycles. The lowest BCUT2D eigenvalue weighted by Gasteiger charge is -2.30. The molecule has 0 unspecified atom stereocenters. The van der Waals surface area contributed by atoms with Gasteiger partial charge in [0.25, 0.3) is 5.69 Å². The van der Waals surface area contributed by atoms with Crippen LogP contribution in [0.3, 0.4) is 0 Å². The number of non-ortho nitro benzene ring substituents is 1. The molecule has 110 valence electrons. The molecule has 1 fully saturated rings. The Labute approximate surface area is 122 Å². The molecule has 21 heavy (non-hydrogen) atoms. The zero-order valence-electron chi connectivity index (χ0n) is 11.7. The third kappa shape index (κ3) is 2.67. The van der Waals surface area contributed by atoms with Gasteiger partial charge < -0.3 is 11.1 Å². The Morgan fingerprint density at radius 1 is 1.24 bits per heavy atom. The number of nitrogens with zero attached hydrogens (tertiary/aromatic N) is 2. The zero-order chi connectivity index (χ0) is 14.8. The maximum absolute atomic E-state index is 11.1. The van der Waals surface area contributed by atoms with Crippen LogP contribution in [0.4, 0.5) is 11.4 Å². The summed E-state index contributed by atoms with van der Waals surface area (Å²) in [5.41, 5.74) is 7.14. The maximum atomic E-state index is 11.1. The van der Waals surface area contributed by atoms with Gasteiger partial charge in [0.1, 0.15) is 0 Å². The molecule has 1 aliphatic rings. The minimum absolute atomic E-state index is 0.0802. The first-order valence-corrected chi connectivity index (χ1v) is 7.20. The number of benzene rings is 1. The number of hydrogen-bond donors (Lipinski definition) is 2. The van der Waals surface area contributed by atoms with E-state index >= 15 is 0 Å². The average Bonchev–Trinajstić information content (AvgIpc) is 2.49. The summed E-state index contributed by atoms with van der Waals surface area (Å²) in [5.74, 6) is 0. The third-order valence-corrected chi connectivity index (χ3v) is 4.15. The second-order valence-electron chi connectivity index (χ2n) is 5.51. The van der Waals surface area contributed by atoms with Gasteiger partial charge in [-0.25, -0.2) is 0 Å². The Morgan fingerprint density at radius 2 is 2.05 bits per heavy atom. The van der Waals surface area contributed by atoms with Crippen molar-refractivity contribution in [1.29, 1.82) is 0 Å². The predicted octanol–water partition coefficient (Wildman–Crippen LogP) is 2.82. The van der Waals surface area contributed by atoms with Crippen molar-refractivity contribution in [2.75, 3.05) is 5.32 Å². The molecule has 0 aliphatic heterocycles. The molecular weight excluding hydrogens is 268 g/mol. The van der Waals surface area contributed by atoms with Crippen LogP contribution < -0.4 is 11.1 Å². The highest BCUT2D eigenvalue weighted by molar-refractivity contribution is 5.99. The van der Waals surface area contributed by atoms with Crippen molar-refractivity contribution in [3.63, 3.8) is 0 Å². The molecule has 3 N–H and O–H groups in total. The van der Waals surface area contributed by atoms with Crippen molar-refractivity contribution in [3.8, 4) is 0 Å². The lowest BCUT2D eigenvalue weighted by atomic mass is 9.90. The zero-order valence-corrected chi connectivity index (χ0v) is 11.7. The van der Waals surface area contributed by atoms with Crippen LogP contribution in [-0.4, -0.2) is 22.0 Å². The molecule has 6 heteroatoms. The van der Waals surface area contributed by atoms with E-state index in [9.17, 15) is 10.1 Å². The normalized spacial score (nSPS) is 22.1. The molecule has 0 spiro atoms. The molecule has 1 saturated carbocycles. The molecule has 0 saturated heterocycles. The van der Waals surface area contributed by atoms with Crippen molar-refractivity contribution in [1.82, 2.24) is 4.98 Å². The Kier molecular flexibility index (Phi) is 3.70. The summed E-state index contributed by atoms with van der Waals surface area (Å²) in [6, 6.07) is 5.45. The Bertz CT molecular complexity index is 674. The standard InChI is InChI=1S/C15H18N4O2/c16-12-3-1-2-4-14(12)18-13-5-6-15(19(20)21)11-9-17-8-7-10(11)13/h5-9,12,14,18H,1-4,16H2/t12-,14-/m1/s1. The molecular formula is C15H18N4O2. The lowest BCUT2D eigenvalue weighted by molar-refractivity contribution is -0.383. The quantitative estimate of drug-likeness (QED) is 0.668. The summed E-state index contributed by atoms with van der Waals surface area (Å²) in [4.78, 5) is 14.7. The highest BCUT2D eigenvalue weighted by atomic mass is 16.6. The van der Waals surface area contributed by atoms with E-state index < -0.39 is 0 Å². The first-order chi connectivity index (χ1) is 10.2. The van der Waals surface area contributed by atoms with Gasteiger partial charge in [-0.3, -0.25) is 15.1 Å². The van der Waals surface area contributed by atoms with Crippen molar-refractivity contribution < 1.29 is 4.92 Å². The van der Waals surface area contributed by atoms with Crippen LogP contribution in [0.2, 0.25) is 0 Å². The Morgan fingerprint density at radius 3 is 2.81 bits per heavy atom. The monoisotopic (exact) mass is 286 g/mol. The van der Waals surface area contributed by atoms with Gasteiger partial charge in [-0.1, -0.05) is 12.8 Å². The van der Waals surface area contributed by atoms with Crippen LogP contribution >= 0.6 is 0 Å². The van der Waals surface area contributed by atoms with Crippen molar-refractivity contribution >= 4 is 22.1 Å². The summed E-state index contributed by atoms with van der Waals surface area (Å²) in [6.45, 7) is 0. The van der Waals surface area contributed by atoms with Crippen LogP contribution in [0.15, 0.2) is 30.6 Å². The van der Waals surface area contributed by atoms with Gasteiger partial charge in [-0.15, -0.1) is 0 Å². The summed E-state index contributed by atoms with van der Waals surface area (Å²) in [7, 11) is 0. The van der Waals surface area contributed by atoms with E-state index in [4.69, 9.17) is 5.73 Å². The van der Waals surface area contributed by atoms with Gasteiger partial charge in [0.2, 0.25) is 0 Å². The smallest absolute Gasteiger partial charge is 0.278 e. The molecule has 0 radical (unpaired) electrons. The third-order valence-electron chi connectivity index (χ3n) is 4.15. The largest absolute Gasteiger partial charge is 0.380 e. The maximum Gasteiger partial charge on any atom is 0.278 e. The number of nitrogens with one attached hydrogen (secondary N) is 1. The molecule has 1 aliphatic carbocycles. The van der Waals surface area contributed by atoms with Crippen molar-refractivity contribution in [2.24, 2.45) is 5.73 Å². The Balaban J connectivity index is 1.99. The van der Waals surface area contributed by atoms with E-state index in [2.05, 4.69) is 10.3 Å². The number of nitro groups is 1. The number of nitrogens with two attached hydrogens (primary N) is 1. The van der Waals surface area contributed by atoms with Gasteiger partial charge in [-0.2, -0.15) is 0 Å². The molecule has 2 atom stereocenters. The number of hydrogen-bond acceptors (Lipinski definition) is 5. The topological polar surface area (TPSA) is 94.1 Å². The Hall–Kier alpha value is -2.21. The molecule has 0 bridgehead atoms. The van der Waals surface area contributed by atoms with Crippen molar-refractivity contribution in [2.45, 2.75) is 37.8 Å². The van der Waals surface area contributed by atoms with Gasteiger partial charge >= 0.3 is 0 Å². The fraction of sp³-hybridized carbons (Fsp3) is 0.400. The van der Waals surface area contributed by atoms with Crippen molar-refractivity contribution in [3.05, 3.63) is 40.7 Å². The number of aromatic nitrogens is 1. The average molecular weight is 286 g/mol. The number of rotatable bonds is 3. The van der Waals surface area contributed by atoms with Gasteiger partial charge in [0.15, 0.2) is 0 Å². The van der Waals surface area contributed by atoms with Crippen LogP contribution in [0.5, 0.6) is 0 Å². The molecule has 2 aromatic rings. The summed E-state index contributed by atoms with van der Waals surface area (Å²) >= 11 is 0.